The van der Waals surface area contributed by atoms with Crippen molar-refractivity contribution in [3.63, 3.8) is 0 Å². The number of aliphatic hydroxyl groups excluding tert-OH is 1. The average Bonchev–Trinajstić information content (AvgIpc) is 2.46. The number of aliphatic hydroxyl groups is 1. The molecule has 0 bridgehead atoms. The molecule has 1 heterocycles. The molecule has 1 aliphatic heterocycles. The minimum atomic E-state index is -0.402. The number of piperazine rings is 1. The van der Waals surface area contributed by atoms with Crippen LogP contribution in [0.3, 0.4) is 0 Å². The molecular weight excluding hydrogens is 240 g/mol. The van der Waals surface area contributed by atoms with Gasteiger partial charge in [-0.05, 0) is 30.5 Å². The second kappa shape index (κ2) is 6.06. The van der Waals surface area contributed by atoms with Crippen LogP contribution in [0, 0.1) is 0 Å². The molecule has 1 aromatic carbocycles. The first kappa shape index (κ1) is 13.9. The van der Waals surface area contributed by atoms with E-state index in [4.69, 9.17) is 0 Å². The van der Waals surface area contributed by atoms with Crippen LogP contribution in [0.4, 0.5) is 5.69 Å². The Morgan fingerprint density at radius 2 is 2.05 bits per heavy atom. The average molecular weight is 262 g/mol. The number of benzene rings is 1. The summed E-state index contributed by atoms with van der Waals surface area (Å²) in [6.45, 7) is 5.51. The predicted molar refractivity (Wildman–Crippen MR) is 76.1 cm³/mol. The number of nitrogens with one attached hydrogen (secondary N) is 1. The van der Waals surface area contributed by atoms with Crippen LogP contribution >= 0.6 is 0 Å². The first-order valence-electron chi connectivity index (χ1n) is 6.99. The lowest BCUT2D eigenvalue weighted by Gasteiger charge is -2.36. The minimum absolute atomic E-state index is 0.0873. The van der Waals surface area contributed by atoms with Gasteiger partial charge in [-0.25, -0.2) is 0 Å². The van der Waals surface area contributed by atoms with Crippen LogP contribution < -0.4 is 10.2 Å². The molecule has 0 radical (unpaired) electrons. The molecule has 4 nitrogen and oxygen atoms in total. The summed E-state index contributed by atoms with van der Waals surface area (Å²) in [5.74, 6) is 0.103. The number of carbonyl (C=O) groups is 1. The number of rotatable bonds is 4. The van der Waals surface area contributed by atoms with E-state index in [-0.39, 0.29) is 11.9 Å². The van der Waals surface area contributed by atoms with Crippen LogP contribution in [0.5, 0.6) is 0 Å². The highest BCUT2D eigenvalue weighted by molar-refractivity contribution is 5.86. The largest absolute Gasteiger partial charge is 0.388 e. The van der Waals surface area contributed by atoms with Crippen LogP contribution in [0.25, 0.3) is 0 Å². The maximum atomic E-state index is 11.8. The van der Waals surface area contributed by atoms with E-state index in [1.54, 1.807) is 0 Å². The second-order valence-corrected chi connectivity index (χ2v) is 4.92. The van der Waals surface area contributed by atoms with Crippen molar-refractivity contribution >= 4 is 11.6 Å². The molecule has 0 aliphatic carbocycles. The van der Waals surface area contributed by atoms with Gasteiger partial charge in [-0.2, -0.15) is 0 Å². The molecule has 1 unspecified atom stereocenters. The Morgan fingerprint density at radius 1 is 1.37 bits per heavy atom. The van der Waals surface area contributed by atoms with Crippen molar-refractivity contribution in [1.29, 1.82) is 0 Å². The molecule has 104 valence electrons. The topological polar surface area (TPSA) is 52.6 Å². The fourth-order valence-corrected chi connectivity index (χ4v) is 2.55. The minimum Gasteiger partial charge on any atom is -0.388 e. The molecule has 1 fully saturated rings. The lowest BCUT2D eigenvalue weighted by molar-refractivity contribution is -0.123. The molecular formula is C15H22N2O2. The van der Waals surface area contributed by atoms with Crippen molar-refractivity contribution in [1.82, 2.24) is 5.32 Å². The van der Waals surface area contributed by atoms with E-state index < -0.39 is 6.10 Å². The summed E-state index contributed by atoms with van der Waals surface area (Å²) < 4.78 is 0. The van der Waals surface area contributed by atoms with E-state index in [0.29, 0.717) is 13.0 Å². The van der Waals surface area contributed by atoms with Crippen molar-refractivity contribution in [2.45, 2.75) is 38.8 Å². The third kappa shape index (κ3) is 2.89. The Bertz CT molecular complexity index is 430. The van der Waals surface area contributed by atoms with E-state index in [1.807, 2.05) is 38.1 Å². The first-order valence-corrected chi connectivity index (χ1v) is 6.99. The van der Waals surface area contributed by atoms with Gasteiger partial charge in [-0.15, -0.1) is 0 Å². The smallest absolute Gasteiger partial charge is 0.242 e. The molecule has 4 heteroatoms. The third-order valence-corrected chi connectivity index (χ3v) is 3.71. The van der Waals surface area contributed by atoms with Crippen LogP contribution in [0.2, 0.25) is 0 Å². The van der Waals surface area contributed by atoms with Gasteiger partial charge in [0.15, 0.2) is 0 Å². The molecule has 0 saturated carbocycles. The SMILES string of the molecule is CCC1C(=O)NCCN1c1ccc([C@@H](O)CC)cc1. The summed E-state index contributed by atoms with van der Waals surface area (Å²) in [4.78, 5) is 14.0. The third-order valence-electron chi connectivity index (χ3n) is 3.71. The quantitative estimate of drug-likeness (QED) is 0.870. The van der Waals surface area contributed by atoms with Gasteiger partial charge in [0, 0.05) is 18.8 Å². The Morgan fingerprint density at radius 3 is 2.63 bits per heavy atom. The lowest BCUT2D eigenvalue weighted by atomic mass is 10.0. The van der Waals surface area contributed by atoms with Gasteiger partial charge in [0.2, 0.25) is 5.91 Å². The number of amides is 1. The summed E-state index contributed by atoms with van der Waals surface area (Å²) in [6, 6.07) is 7.80. The summed E-state index contributed by atoms with van der Waals surface area (Å²) >= 11 is 0. The van der Waals surface area contributed by atoms with Crippen LogP contribution in [-0.2, 0) is 4.79 Å². The Balaban J connectivity index is 2.18. The summed E-state index contributed by atoms with van der Waals surface area (Å²) in [7, 11) is 0. The van der Waals surface area contributed by atoms with Crippen LogP contribution in [0.15, 0.2) is 24.3 Å². The maximum absolute atomic E-state index is 11.8. The van der Waals surface area contributed by atoms with Gasteiger partial charge in [0.25, 0.3) is 0 Å². The van der Waals surface area contributed by atoms with E-state index >= 15 is 0 Å². The summed E-state index contributed by atoms with van der Waals surface area (Å²) in [5.41, 5.74) is 1.98. The number of hydrogen-bond acceptors (Lipinski definition) is 3. The highest BCUT2D eigenvalue weighted by Gasteiger charge is 2.28. The molecule has 1 saturated heterocycles. The zero-order valence-electron chi connectivity index (χ0n) is 11.6. The van der Waals surface area contributed by atoms with E-state index in [0.717, 1.165) is 24.2 Å². The molecule has 1 aliphatic rings. The van der Waals surface area contributed by atoms with E-state index in [1.165, 1.54) is 0 Å². The van der Waals surface area contributed by atoms with Gasteiger partial charge < -0.3 is 15.3 Å². The monoisotopic (exact) mass is 262 g/mol. The molecule has 1 aromatic rings. The first-order chi connectivity index (χ1) is 9.17. The Labute approximate surface area is 114 Å². The standard InChI is InChI=1S/C15H22N2O2/c1-3-13-15(19)16-9-10-17(13)12-7-5-11(6-8-12)14(18)4-2/h5-8,13-14,18H,3-4,9-10H2,1-2H3,(H,16,19)/t13?,14-/m0/s1. The van der Waals surface area contributed by atoms with E-state index in [2.05, 4.69) is 10.2 Å². The fourth-order valence-electron chi connectivity index (χ4n) is 2.55. The highest BCUT2D eigenvalue weighted by atomic mass is 16.3. The zero-order valence-corrected chi connectivity index (χ0v) is 11.6. The normalized spacial score (nSPS) is 21.1. The van der Waals surface area contributed by atoms with Crippen molar-refractivity contribution in [2.24, 2.45) is 0 Å². The molecule has 0 aromatic heterocycles. The van der Waals surface area contributed by atoms with Gasteiger partial charge >= 0.3 is 0 Å². The van der Waals surface area contributed by atoms with E-state index in [9.17, 15) is 9.90 Å². The van der Waals surface area contributed by atoms with Crippen molar-refractivity contribution in [3.05, 3.63) is 29.8 Å². The maximum Gasteiger partial charge on any atom is 0.242 e. The van der Waals surface area contributed by atoms with Crippen LogP contribution in [0.1, 0.15) is 38.4 Å². The molecule has 2 N–H and O–H groups in total. The molecule has 2 rings (SSSR count). The Kier molecular flexibility index (Phi) is 4.43. The highest BCUT2D eigenvalue weighted by Crippen LogP contribution is 2.24. The second-order valence-electron chi connectivity index (χ2n) is 4.92. The van der Waals surface area contributed by atoms with Crippen LogP contribution in [-0.4, -0.2) is 30.1 Å². The summed E-state index contributed by atoms with van der Waals surface area (Å²) in [5, 5.41) is 12.7. The number of hydrogen-bond donors (Lipinski definition) is 2. The Hall–Kier alpha value is -1.55. The molecule has 0 spiro atoms. The van der Waals surface area contributed by atoms with Crippen molar-refractivity contribution < 1.29 is 9.90 Å². The molecule has 1 amide bonds. The lowest BCUT2D eigenvalue weighted by Crippen LogP contribution is -2.55. The van der Waals surface area contributed by atoms with Crippen molar-refractivity contribution in [3.8, 4) is 0 Å². The fraction of sp³-hybridized carbons (Fsp3) is 0.533. The molecule has 2 atom stereocenters. The van der Waals surface area contributed by atoms with Crippen molar-refractivity contribution in [2.75, 3.05) is 18.0 Å². The molecule has 19 heavy (non-hydrogen) atoms. The number of anilines is 1. The van der Waals surface area contributed by atoms with Gasteiger partial charge in [0.1, 0.15) is 6.04 Å². The van der Waals surface area contributed by atoms with Gasteiger partial charge in [0.05, 0.1) is 6.10 Å². The summed E-state index contributed by atoms with van der Waals surface area (Å²) in [6.07, 6.45) is 1.11. The number of carbonyl (C=O) groups excluding carboxylic acids is 1. The predicted octanol–water partition coefficient (Wildman–Crippen LogP) is 1.84. The van der Waals surface area contributed by atoms with Gasteiger partial charge in [-0.3, -0.25) is 4.79 Å². The zero-order chi connectivity index (χ0) is 13.8. The van der Waals surface area contributed by atoms with Gasteiger partial charge in [-0.1, -0.05) is 26.0 Å². The number of nitrogens with zero attached hydrogens (tertiary/aromatic N) is 1.